The number of hydrogen-bond acceptors (Lipinski definition) is 3. The summed E-state index contributed by atoms with van der Waals surface area (Å²) in [4.78, 5) is 0. The van der Waals surface area contributed by atoms with E-state index in [4.69, 9.17) is 5.21 Å². The molecule has 0 fully saturated rings. The molecule has 0 bridgehead atoms. The molecular formula is C16H25NO2. The Balaban J connectivity index is 2.31. The van der Waals surface area contributed by atoms with Gasteiger partial charge in [-0.3, -0.25) is 0 Å². The Labute approximate surface area is 116 Å². The Morgan fingerprint density at radius 2 is 1.74 bits per heavy atom. The molecule has 0 heterocycles. The summed E-state index contributed by atoms with van der Waals surface area (Å²) in [5.41, 5.74) is 1.51. The highest BCUT2D eigenvalue weighted by molar-refractivity contribution is 5.83. The molecule has 0 radical (unpaired) electrons. The molecule has 1 rings (SSSR count). The first-order chi connectivity index (χ1) is 9.29. The summed E-state index contributed by atoms with van der Waals surface area (Å²) >= 11 is 0. The monoisotopic (exact) mass is 263 g/mol. The topological polar surface area (TPSA) is 52.8 Å². The number of rotatable bonds is 9. The molecule has 0 aliphatic rings. The fourth-order valence-corrected chi connectivity index (χ4v) is 2.25. The van der Waals surface area contributed by atoms with E-state index in [-0.39, 0.29) is 5.75 Å². The van der Waals surface area contributed by atoms with Gasteiger partial charge in [-0.25, -0.2) is 0 Å². The van der Waals surface area contributed by atoms with Crippen molar-refractivity contribution in [3.63, 3.8) is 0 Å². The molecule has 0 atom stereocenters. The summed E-state index contributed by atoms with van der Waals surface area (Å²) in [7, 11) is 0. The van der Waals surface area contributed by atoms with Crippen molar-refractivity contribution >= 4 is 6.21 Å². The summed E-state index contributed by atoms with van der Waals surface area (Å²) in [5, 5.41) is 21.5. The lowest BCUT2D eigenvalue weighted by Crippen LogP contribution is -1.91. The second kappa shape index (κ2) is 9.42. The van der Waals surface area contributed by atoms with Crippen molar-refractivity contribution in [3.05, 3.63) is 29.3 Å². The molecule has 0 aliphatic heterocycles. The lowest BCUT2D eigenvalue weighted by Gasteiger charge is -2.06. The third-order valence-electron chi connectivity index (χ3n) is 3.40. The van der Waals surface area contributed by atoms with Gasteiger partial charge in [-0.05, 0) is 24.5 Å². The zero-order chi connectivity index (χ0) is 13.9. The third kappa shape index (κ3) is 5.77. The first kappa shape index (κ1) is 15.5. The van der Waals surface area contributed by atoms with Gasteiger partial charge in [-0.2, -0.15) is 0 Å². The summed E-state index contributed by atoms with van der Waals surface area (Å²) in [5.74, 6) is 0.242. The van der Waals surface area contributed by atoms with E-state index in [1.165, 1.54) is 44.7 Å². The third-order valence-corrected chi connectivity index (χ3v) is 3.40. The van der Waals surface area contributed by atoms with E-state index in [1.807, 2.05) is 12.1 Å². The first-order valence-corrected chi connectivity index (χ1v) is 7.28. The summed E-state index contributed by atoms with van der Waals surface area (Å²) < 4.78 is 0. The minimum absolute atomic E-state index is 0.242. The van der Waals surface area contributed by atoms with Crippen LogP contribution in [-0.4, -0.2) is 16.5 Å². The maximum Gasteiger partial charge on any atom is 0.127 e. The van der Waals surface area contributed by atoms with Gasteiger partial charge in [0.05, 0.1) is 6.21 Å². The van der Waals surface area contributed by atoms with Crippen LogP contribution in [0.15, 0.2) is 23.4 Å². The van der Waals surface area contributed by atoms with Crippen LogP contribution in [0, 0.1) is 0 Å². The Hall–Kier alpha value is -1.51. The van der Waals surface area contributed by atoms with Crippen LogP contribution in [0.3, 0.4) is 0 Å². The number of benzene rings is 1. The normalized spacial score (nSPS) is 11.2. The molecule has 106 valence electrons. The van der Waals surface area contributed by atoms with E-state index in [2.05, 4.69) is 12.1 Å². The van der Waals surface area contributed by atoms with Crippen molar-refractivity contribution in [2.45, 2.75) is 58.3 Å². The van der Waals surface area contributed by atoms with Crippen molar-refractivity contribution < 1.29 is 10.3 Å². The summed E-state index contributed by atoms with van der Waals surface area (Å²) in [6.07, 6.45) is 11.0. The zero-order valence-electron chi connectivity index (χ0n) is 11.8. The van der Waals surface area contributed by atoms with Crippen molar-refractivity contribution in [1.29, 1.82) is 0 Å². The van der Waals surface area contributed by atoms with E-state index in [0.717, 1.165) is 18.4 Å². The lowest BCUT2D eigenvalue weighted by molar-refractivity contribution is 0.321. The van der Waals surface area contributed by atoms with Gasteiger partial charge in [0.25, 0.3) is 0 Å². The summed E-state index contributed by atoms with van der Waals surface area (Å²) in [6, 6.07) is 5.55. The van der Waals surface area contributed by atoms with Crippen LogP contribution in [0.4, 0.5) is 0 Å². The number of aromatic hydroxyl groups is 1. The van der Waals surface area contributed by atoms with Crippen LogP contribution in [0.5, 0.6) is 5.75 Å². The number of phenols is 1. The van der Waals surface area contributed by atoms with Gasteiger partial charge in [-0.1, -0.05) is 62.7 Å². The van der Waals surface area contributed by atoms with Crippen LogP contribution in [-0.2, 0) is 6.42 Å². The highest BCUT2D eigenvalue weighted by Crippen LogP contribution is 2.23. The van der Waals surface area contributed by atoms with E-state index < -0.39 is 0 Å². The molecule has 0 unspecified atom stereocenters. The quantitative estimate of drug-likeness (QED) is 0.298. The maximum atomic E-state index is 9.99. The second-order valence-corrected chi connectivity index (χ2v) is 4.97. The first-order valence-electron chi connectivity index (χ1n) is 7.28. The SMILES string of the molecule is CCCCCCCCCc1cccc(C=NO)c1O. The van der Waals surface area contributed by atoms with Crippen molar-refractivity contribution in [2.24, 2.45) is 5.16 Å². The minimum Gasteiger partial charge on any atom is -0.507 e. The minimum atomic E-state index is 0.242. The van der Waals surface area contributed by atoms with E-state index in [0.29, 0.717) is 5.56 Å². The Morgan fingerprint density at radius 1 is 1.05 bits per heavy atom. The molecule has 0 saturated carbocycles. The van der Waals surface area contributed by atoms with Crippen LogP contribution in [0.2, 0.25) is 0 Å². The summed E-state index contributed by atoms with van der Waals surface area (Å²) in [6.45, 7) is 2.23. The van der Waals surface area contributed by atoms with E-state index in [1.54, 1.807) is 6.07 Å². The molecular weight excluding hydrogens is 238 g/mol. The van der Waals surface area contributed by atoms with Crippen LogP contribution < -0.4 is 0 Å². The highest BCUT2D eigenvalue weighted by Gasteiger charge is 2.05. The van der Waals surface area contributed by atoms with Gasteiger partial charge in [0.1, 0.15) is 5.75 Å². The molecule has 0 saturated heterocycles. The number of phenolic OH excluding ortho intramolecular Hbond substituents is 1. The number of para-hydroxylation sites is 1. The largest absolute Gasteiger partial charge is 0.507 e. The number of aryl methyl sites for hydroxylation is 1. The molecule has 19 heavy (non-hydrogen) atoms. The van der Waals surface area contributed by atoms with E-state index >= 15 is 0 Å². The van der Waals surface area contributed by atoms with Crippen molar-refractivity contribution in [3.8, 4) is 5.75 Å². The smallest absolute Gasteiger partial charge is 0.127 e. The number of unbranched alkanes of at least 4 members (excludes halogenated alkanes) is 6. The number of oxime groups is 1. The molecule has 1 aromatic rings. The zero-order valence-corrected chi connectivity index (χ0v) is 11.8. The van der Waals surface area contributed by atoms with Crippen LogP contribution >= 0.6 is 0 Å². The molecule has 0 amide bonds. The molecule has 2 N–H and O–H groups in total. The molecule has 0 aromatic heterocycles. The average molecular weight is 263 g/mol. The van der Waals surface area contributed by atoms with E-state index in [9.17, 15) is 5.11 Å². The Bertz CT molecular complexity index is 388. The Morgan fingerprint density at radius 3 is 2.42 bits per heavy atom. The van der Waals surface area contributed by atoms with Crippen molar-refractivity contribution in [2.75, 3.05) is 0 Å². The predicted molar refractivity (Wildman–Crippen MR) is 79.2 cm³/mol. The molecule has 1 aromatic carbocycles. The Kier molecular flexibility index (Phi) is 7.71. The van der Waals surface area contributed by atoms with Gasteiger partial charge >= 0.3 is 0 Å². The molecule has 0 spiro atoms. The highest BCUT2D eigenvalue weighted by atomic mass is 16.4. The van der Waals surface area contributed by atoms with Gasteiger partial charge < -0.3 is 10.3 Å². The van der Waals surface area contributed by atoms with Gasteiger partial charge in [0.15, 0.2) is 0 Å². The van der Waals surface area contributed by atoms with Crippen LogP contribution in [0.25, 0.3) is 0 Å². The van der Waals surface area contributed by atoms with Gasteiger partial charge in [-0.15, -0.1) is 0 Å². The lowest BCUT2D eigenvalue weighted by atomic mass is 10.0. The van der Waals surface area contributed by atoms with Gasteiger partial charge in [0, 0.05) is 5.56 Å². The second-order valence-electron chi connectivity index (χ2n) is 4.97. The van der Waals surface area contributed by atoms with Crippen molar-refractivity contribution in [1.82, 2.24) is 0 Å². The average Bonchev–Trinajstić information content (AvgIpc) is 2.42. The fourth-order valence-electron chi connectivity index (χ4n) is 2.25. The molecule has 3 heteroatoms. The molecule has 0 aliphatic carbocycles. The molecule has 3 nitrogen and oxygen atoms in total. The standard InChI is InChI=1S/C16H25NO2/c1-2-3-4-5-6-7-8-10-14-11-9-12-15(13-17-19)16(14)18/h9,11-13,18-19H,2-8,10H2,1H3. The number of hydrogen-bond donors (Lipinski definition) is 2. The van der Waals surface area contributed by atoms with Gasteiger partial charge in [0.2, 0.25) is 0 Å². The maximum absolute atomic E-state index is 9.99. The van der Waals surface area contributed by atoms with Crippen LogP contribution in [0.1, 0.15) is 63.0 Å². The predicted octanol–water partition coefficient (Wildman–Crippen LogP) is 4.49. The fraction of sp³-hybridized carbons (Fsp3) is 0.562. The number of nitrogens with zero attached hydrogens (tertiary/aromatic N) is 1.